The van der Waals surface area contributed by atoms with E-state index in [1.165, 1.54) is 28.6 Å². The molecule has 128 valence electrons. The molecule has 1 heterocycles. The minimum absolute atomic E-state index is 0.0851. The Labute approximate surface area is 144 Å². The molecule has 0 aliphatic heterocycles. The van der Waals surface area contributed by atoms with E-state index in [9.17, 15) is 9.18 Å². The number of aromatic nitrogens is 3. The molecule has 0 radical (unpaired) electrons. The van der Waals surface area contributed by atoms with E-state index in [1.54, 1.807) is 12.1 Å². The molecule has 1 aliphatic carbocycles. The molecule has 0 unspecified atom stereocenters. The third kappa shape index (κ3) is 4.05. The van der Waals surface area contributed by atoms with Gasteiger partial charge in [-0.15, -0.1) is 10.2 Å². The Hall–Kier alpha value is -2.09. The first-order chi connectivity index (χ1) is 11.5. The Morgan fingerprint density at radius 1 is 1.42 bits per heavy atom. The lowest BCUT2D eigenvalue weighted by molar-refractivity contribution is -0.120. The van der Waals surface area contributed by atoms with Gasteiger partial charge in [0.05, 0.1) is 5.25 Å². The molecular weight excluding hydrogens is 329 g/mol. The van der Waals surface area contributed by atoms with Crippen molar-refractivity contribution in [1.29, 1.82) is 0 Å². The van der Waals surface area contributed by atoms with E-state index in [-0.39, 0.29) is 17.0 Å². The molecule has 1 aliphatic rings. The van der Waals surface area contributed by atoms with E-state index in [0.29, 0.717) is 24.0 Å². The molecule has 2 aromatic rings. The minimum atomic E-state index is -0.322. The molecular formula is C16H20FN5OS. The predicted molar refractivity (Wildman–Crippen MR) is 90.6 cm³/mol. The van der Waals surface area contributed by atoms with Gasteiger partial charge in [-0.3, -0.25) is 4.79 Å². The van der Waals surface area contributed by atoms with Crippen LogP contribution in [-0.4, -0.2) is 32.6 Å². The molecule has 1 atom stereocenters. The molecule has 1 aromatic heterocycles. The van der Waals surface area contributed by atoms with Gasteiger partial charge in [0.15, 0.2) is 5.82 Å². The highest BCUT2D eigenvalue weighted by Gasteiger charge is 2.30. The highest BCUT2D eigenvalue weighted by Crippen LogP contribution is 2.39. The van der Waals surface area contributed by atoms with Gasteiger partial charge in [-0.1, -0.05) is 23.9 Å². The largest absolute Gasteiger partial charge is 0.355 e. The van der Waals surface area contributed by atoms with Crippen molar-refractivity contribution in [2.45, 2.75) is 42.5 Å². The summed E-state index contributed by atoms with van der Waals surface area (Å²) < 4.78 is 14.3. The zero-order valence-electron chi connectivity index (χ0n) is 13.4. The number of carbonyl (C=O) groups excluding carboxylic acids is 1. The number of hydrogen-bond donors (Lipinski definition) is 2. The van der Waals surface area contributed by atoms with E-state index in [4.69, 9.17) is 5.84 Å². The smallest absolute Gasteiger partial charge is 0.233 e. The fourth-order valence-corrected chi connectivity index (χ4v) is 3.13. The fourth-order valence-electron chi connectivity index (χ4n) is 2.33. The number of amides is 1. The first kappa shape index (κ1) is 16.8. The zero-order chi connectivity index (χ0) is 17.1. The van der Waals surface area contributed by atoms with Gasteiger partial charge in [-0.2, -0.15) is 0 Å². The second-order valence-electron chi connectivity index (χ2n) is 5.91. The van der Waals surface area contributed by atoms with Crippen molar-refractivity contribution in [3.63, 3.8) is 0 Å². The second kappa shape index (κ2) is 7.21. The number of nitrogens with zero attached hydrogens (tertiary/aromatic N) is 3. The van der Waals surface area contributed by atoms with Gasteiger partial charge in [0.1, 0.15) is 5.82 Å². The predicted octanol–water partition coefficient (Wildman–Crippen LogP) is 1.85. The Balaban J connectivity index is 1.47. The molecule has 1 saturated carbocycles. The molecule has 3 rings (SSSR count). The highest BCUT2D eigenvalue weighted by molar-refractivity contribution is 8.00. The number of nitrogens with two attached hydrogens (primary N) is 1. The van der Waals surface area contributed by atoms with E-state index in [2.05, 4.69) is 15.5 Å². The van der Waals surface area contributed by atoms with Gasteiger partial charge < -0.3 is 11.2 Å². The van der Waals surface area contributed by atoms with Crippen molar-refractivity contribution in [1.82, 2.24) is 20.2 Å². The number of benzene rings is 1. The van der Waals surface area contributed by atoms with Crippen molar-refractivity contribution >= 4 is 17.7 Å². The van der Waals surface area contributed by atoms with E-state index < -0.39 is 0 Å². The van der Waals surface area contributed by atoms with E-state index in [0.717, 1.165) is 24.2 Å². The minimum Gasteiger partial charge on any atom is -0.355 e. The van der Waals surface area contributed by atoms with Gasteiger partial charge in [-0.05, 0) is 43.9 Å². The molecule has 0 spiro atoms. The molecule has 1 fully saturated rings. The molecule has 1 amide bonds. The lowest BCUT2D eigenvalue weighted by atomic mass is 10.1. The van der Waals surface area contributed by atoms with Crippen molar-refractivity contribution in [2.75, 3.05) is 12.4 Å². The topological polar surface area (TPSA) is 85.8 Å². The maximum absolute atomic E-state index is 12.8. The van der Waals surface area contributed by atoms with Crippen LogP contribution in [0.1, 0.15) is 37.1 Å². The lowest BCUT2D eigenvalue weighted by Crippen LogP contribution is -2.32. The van der Waals surface area contributed by atoms with Crippen LogP contribution in [0.4, 0.5) is 4.39 Å². The van der Waals surface area contributed by atoms with Gasteiger partial charge in [0.2, 0.25) is 11.1 Å². The van der Waals surface area contributed by atoms with Crippen molar-refractivity contribution in [3.8, 4) is 0 Å². The van der Waals surface area contributed by atoms with Crippen LogP contribution in [0.2, 0.25) is 0 Å². The van der Waals surface area contributed by atoms with E-state index >= 15 is 0 Å². The summed E-state index contributed by atoms with van der Waals surface area (Å²) in [6, 6.07) is 6.27. The Morgan fingerprint density at radius 3 is 2.79 bits per heavy atom. The number of halogens is 1. The second-order valence-corrected chi connectivity index (χ2v) is 7.22. The maximum Gasteiger partial charge on any atom is 0.233 e. The SMILES string of the molecule is C[C@@H](Sc1nnc(C2CC2)n1N)C(=O)NCCc1ccc(F)cc1. The van der Waals surface area contributed by atoms with Crippen LogP contribution in [-0.2, 0) is 11.2 Å². The lowest BCUT2D eigenvalue weighted by Gasteiger charge is -2.11. The van der Waals surface area contributed by atoms with Crippen LogP contribution >= 0.6 is 11.8 Å². The summed E-state index contributed by atoms with van der Waals surface area (Å²) in [7, 11) is 0. The first-order valence-corrected chi connectivity index (χ1v) is 8.81. The van der Waals surface area contributed by atoms with Crippen LogP contribution in [0.15, 0.2) is 29.4 Å². The standard InChI is InChI=1S/C16H20FN5OS/c1-10(24-16-21-20-14(22(16)18)12-4-5-12)15(23)19-9-8-11-2-6-13(17)7-3-11/h2-3,6-7,10,12H,4-5,8-9,18H2,1H3,(H,19,23)/t10-/m1/s1. The Morgan fingerprint density at radius 2 is 2.12 bits per heavy atom. The summed E-state index contributed by atoms with van der Waals surface area (Å²) in [5.74, 6) is 6.85. The monoisotopic (exact) mass is 349 g/mol. The molecule has 6 nitrogen and oxygen atoms in total. The molecule has 0 bridgehead atoms. The summed E-state index contributed by atoms with van der Waals surface area (Å²) in [4.78, 5) is 12.2. The summed E-state index contributed by atoms with van der Waals surface area (Å²) >= 11 is 1.30. The fraction of sp³-hybridized carbons (Fsp3) is 0.438. The number of rotatable bonds is 7. The molecule has 1 aromatic carbocycles. The third-order valence-electron chi connectivity index (χ3n) is 3.91. The van der Waals surface area contributed by atoms with Gasteiger partial charge in [0.25, 0.3) is 0 Å². The normalized spacial score (nSPS) is 15.2. The van der Waals surface area contributed by atoms with Crippen molar-refractivity contribution in [2.24, 2.45) is 0 Å². The number of thioether (sulfide) groups is 1. The van der Waals surface area contributed by atoms with Gasteiger partial charge >= 0.3 is 0 Å². The molecule has 0 saturated heterocycles. The molecule has 3 N–H and O–H groups in total. The zero-order valence-corrected chi connectivity index (χ0v) is 14.2. The first-order valence-electron chi connectivity index (χ1n) is 7.94. The Bertz CT molecular complexity index is 714. The van der Waals surface area contributed by atoms with Crippen LogP contribution in [0.25, 0.3) is 0 Å². The maximum atomic E-state index is 12.8. The van der Waals surface area contributed by atoms with Gasteiger partial charge in [-0.25, -0.2) is 9.07 Å². The third-order valence-corrected chi connectivity index (χ3v) is 4.97. The van der Waals surface area contributed by atoms with E-state index in [1.807, 2.05) is 6.92 Å². The summed E-state index contributed by atoms with van der Waals surface area (Å²) in [6.07, 6.45) is 2.85. The summed E-state index contributed by atoms with van der Waals surface area (Å²) in [6.45, 7) is 2.31. The van der Waals surface area contributed by atoms with Crippen LogP contribution in [0.3, 0.4) is 0 Å². The van der Waals surface area contributed by atoms with Crippen molar-refractivity contribution < 1.29 is 9.18 Å². The van der Waals surface area contributed by atoms with Gasteiger partial charge in [0, 0.05) is 12.5 Å². The number of nitrogens with one attached hydrogen (secondary N) is 1. The average molecular weight is 349 g/mol. The van der Waals surface area contributed by atoms with Crippen LogP contribution in [0.5, 0.6) is 0 Å². The molecule has 8 heteroatoms. The highest BCUT2D eigenvalue weighted by atomic mass is 32.2. The van der Waals surface area contributed by atoms with Crippen LogP contribution in [0, 0.1) is 5.82 Å². The van der Waals surface area contributed by atoms with Crippen molar-refractivity contribution in [3.05, 3.63) is 41.5 Å². The Kier molecular flexibility index (Phi) is 5.03. The number of hydrogen-bond acceptors (Lipinski definition) is 5. The van der Waals surface area contributed by atoms with Crippen LogP contribution < -0.4 is 11.2 Å². The summed E-state index contributed by atoms with van der Waals surface area (Å²) in [5, 5.41) is 11.3. The quantitative estimate of drug-likeness (QED) is 0.588. The molecule has 24 heavy (non-hydrogen) atoms. The number of nitrogen functional groups attached to an aromatic ring is 1. The average Bonchev–Trinajstić information content (AvgIpc) is 3.34. The summed E-state index contributed by atoms with van der Waals surface area (Å²) in [5.41, 5.74) is 0.979. The number of carbonyl (C=O) groups is 1.